The van der Waals surface area contributed by atoms with E-state index in [1.807, 2.05) is 6.92 Å². The maximum absolute atomic E-state index is 13.7. The molecule has 0 aliphatic rings. The number of carbonyl (C=O) groups is 10. The van der Waals surface area contributed by atoms with Crippen LogP contribution in [0.25, 0.3) is 0 Å². The van der Waals surface area contributed by atoms with Crippen molar-refractivity contribution < 1.29 is 53.1 Å². The summed E-state index contributed by atoms with van der Waals surface area (Å²) in [5.74, 6) is -6.11. The van der Waals surface area contributed by atoms with Gasteiger partial charge in [0, 0.05) is 104 Å². The Labute approximate surface area is 398 Å². The van der Waals surface area contributed by atoms with Crippen LogP contribution in [0.2, 0.25) is 0 Å². The quantitative estimate of drug-likeness (QED) is 0.112. The van der Waals surface area contributed by atoms with Crippen molar-refractivity contribution >= 4 is 59.1 Å². The van der Waals surface area contributed by atoms with E-state index < -0.39 is 107 Å². The first-order valence-corrected chi connectivity index (χ1v) is 22.3. The molecule has 0 aliphatic carbocycles. The van der Waals surface area contributed by atoms with Crippen LogP contribution in [0.5, 0.6) is 0 Å². The summed E-state index contributed by atoms with van der Waals surface area (Å²) in [5.41, 5.74) is 0. The highest BCUT2D eigenvalue weighted by molar-refractivity contribution is 5.97. The molecule has 0 saturated carbocycles. The van der Waals surface area contributed by atoms with Crippen LogP contribution in [0, 0.1) is 5.92 Å². The first-order chi connectivity index (χ1) is 30.6. The van der Waals surface area contributed by atoms with E-state index in [-0.39, 0.29) is 18.4 Å². The van der Waals surface area contributed by atoms with Crippen molar-refractivity contribution in [2.45, 2.75) is 124 Å². The minimum Gasteiger partial charge on any atom is -0.859 e. The molecule has 1 unspecified atom stereocenters. The highest BCUT2D eigenvalue weighted by atomic mass is 16.3. The first-order valence-electron chi connectivity index (χ1n) is 22.3. The maximum atomic E-state index is 13.7. The molecule has 0 heterocycles. The van der Waals surface area contributed by atoms with Gasteiger partial charge in [0.05, 0.1) is 5.92 Å². The van der Waals surface area contributed by atoms with Gasteiger partial charge in [-0.2, -0.15) is 0 Å². The molecule has 0 fully saturated rings. The fourth-order valence-corrected chi connectivity index (χ4v) is 6.73. The van der Waals surface area contributed by atoms with Gasteiger partial charge < -0.3 is 59.0 Å². The molecule has 67 heavy (non-hydrogen) atoms. The van der Waals surface area contributed by atoms with E-state index in [4.69, 9.17) is 0 Å². The van der Waals surface area contributed by atoms with Crippen LogP contribution >= 0.6 is 0 Å². The maximum Gasteiger partial charge on any atom is 0.248 e. The molecule has 10 amide bonds. The summed E-state index contributed by atoms with van der Waals surface area (Å²) in [5, 5.41) is 12.9. The second-order valence-corrected chi connectivity index (χ2v) is 17.7. The Morgan fingerprint density at radius 1 is 0.373 bits per heavy atom. The SMILES string of the molecule is CCN(C)C(=O)[C@H](C)CN(C)C([O-])=CN(C)C(=O)[C@@H](C)N(C)C(=O)C(C)N(C)C(=O)[C@@H](C)N(C)C(=O)[C@@H](C)N(C)C(=O)[C@@H](C)N(C)C(=O)[C@H](C)N(C)C(=O)[C@@H](C)N(C)C(=O)[C@@H](C)N(C)C(C)=O. The predicted molar refractivity (Wildman–Crippen MR) is 249 cm³/mol. The van der Waals surface area contributed by atoms with E-state index in [0.29, 0.717) is 6.54 Å². The molecule has 0 radical (unpaired) electrons. The molecule has 382 valence electrons. The second-order valence-electron chi connectivity index (χ2n) is 17.7. The fraction of sp³-hybridized carbons (Fsp3) is 0.733. The Kier molecular flexibility index (Phi) is 23.5. The van der Waals surface area contributed by atoms with Gasteiger partial charge in [-0.05, 0) is 68.2 Å². The molecule has 0 saturated heterocycles. The van der Waals surface area contributed by atoms with E-state index in [0.717, 1.165) is 35.6 Å². The molecule has 0 aromatic carbocycles. The zero-order valence-electron chi connectivity index (χ0n) is 44.1. The summed E-state index contributed by atoms with van der Waals surface area (Å²) >= 11 is 0. The van der Waals surface area contributed by atoms with Gasteiger partial charge in [-0.25, -0.2) is 0 Å². The van der Waals surface area contributed by atoms with E-state index in [1.54, 1.807) is 25.8 Å². The Morgan fingerprint density at radius 2 is 0.597 bits per heavy atom. The van der Waals surface area contributed by atoms with Crippen molar-refractivity contribution in [3.8, 4) is 0 Å². The first kappa shape index (κ1) is 61.0. The number of nitrogens with zero attached hydrogens (tertiary/aromatic N) is 11. The highest BCUT2D eigenvalue weighted by Gasteiger charge is 2.39. The van der Waals surface area contributed by atoms with Crippen LogP contribution < -0.4 is 5.11 Å². The lowest BCUT2D eigenvalue weighted by molar-refractivity contribution is -0.332. The van der Waals surface area contributed by atoms with Crippen molar-refractivity contribution in [3.63, 3.8) is 0 Å². The van der Waals surface area contributed by atoms with Gasteiger partial charge in [0.2, 0.25) is 59.1 Å². The largest absolute Gasteiger partial charge is 0.859 e. The fourth-order valence-electron chi connectivity index (χ4n) is 6.73. The molecule has 22 heteroatoms. The highest BCUT2D eigenvalue weighted by Crippen LogP contribution is 2.16. The molecule has 9 atom stereocenters. The van der Waals surface area contributed by atoms with Gasteiger partial charge in [0.25, 0.3) is 0 Å². The van der Waals surface area contributed by atoms with Crippen molar-refractivity contribution in [1.29, 1.82) is 0 Å². The number of hydrogen-bond donors (Lipinski definition) is 0. The van der Waals surface area contributed by atoms with Crippen molar-refractivity contribution in [1.82, 2.24) is 53.9 Å². The Balaban J connectivity index is 5.75. The Bertz CT molecular complexity index is 1860. The molecule has 0 rings (SSSR count). The smallest absolute Gasteiger partial charge is 0.248 e. The van der Waals surface area contributed by atoms with Gasteiger partial charge >= 0.3 is 0 Å². The molecule has 0 spiro atoms. The third-order valence-corrected chi connectivity index (χ3v) is 13.3. The summed E-state index contributed by atoms with van der Waals surface area (Å²) < 4.78 is 0. The van der Waals surface area contributed by atoms with Crippen LogP contribution in [0.1, 0.15) is 76.2 Å². The number of amides is 10. The van der Waals surface area contributed by atoms with Gasteiger partial charge in [-0.1, -0.05) is 6.92 Å². The molecular formula is C45H80N11O11-. The number of carbonyl (C=O) groups excluding carboxylic acids is 10. The van der Waals surface area contributed by atoms with Crippen LogP contribution in [-0.2, 0) is 47.9 Å². The van der Waals surface area contributed by atoms with Gasteiger partial charge in [-0.3, -0.25) is 47.9 Å². The predicted octanol–water partition coefficient (Wildman–Crippen LogP) is -1.55. The third kappa shape index (κ3) is 15.0. The standard InChI is InChI=1S/C45H81N11O11/c1-23-46(12)37(59)26(2)24-47(13)36(58)25-48(14)38(60)27(3)50(16)40(62)29(5)52(18)42(64)31(7)54(20)44(66)33(9)56(22)45(67)34(10)55(21)43(65)32(8)53(19)41(63)30(6)51(17)39(61)28(4)49(15)35(11)57/h25-34,58H,23-24H2,1-22H3/p-1/t26-,27-,28-,29?,30-,31-,32+,33-,34-/m1/s1. The summed E-state index contributed by atoms with van der Waals surface area (Å²) in [6.07, 6.45) is 1.08. The van der Waals surface area contributed by atoms with Gasteiger partial charge in [0.15, 0.2) is 0 Å². The molecule has 0 aliphatic heterocycles. The zero-order chi connectivity index (χ0) is 53.0. The lowest BCUT2D eigenvalue weighted by atomic mass is 10.1. The van der Waals surface area contributed by atoms with Gasteiger partial charge in [0.1, 0.15) is 48.3 Å². The molecule has 0 bridgehead atoms. The van der Waals surface area contributed by atoms with E-state index in [1.165, 1.54) is 145 Å². The van der Waals surface area contributed by atoms with Crippen LogP contribution in [0.4, 0.5) is 0 Å². The van der Waals surface area contributed by atoms with Crippen molar-refractivity contribution in [2.75, 3.05) is 90.6 Å². The van der Waals surface area contributed by atoms with Gasteiger partial charge in [-0.15, -0.1) is 0 Å². The summed E-state index contributed by atoms with van der Waals surface area (Å²) in [6, 6.07) is -8.38. The molecule has 0 aromatic rings. The molecular weight excluding hydrogens is 871 g/mol. The average molecular weight is 951 g/mol. The lowest BCUT2D eigenvalue weighted by Crippen LogP contribution is -2.59. The minimum absolute atomic E-state index is 0.122. The number of rotatable bonds is 22. The normalized spacial score (nSPS) is 15.3. The van der Waals surface area contributed by atoms with E-state index in [2.05, 4.69) is 0 Å². The molecule has 0 aromatic heterocycles. The lowest BCUT2D eigenvalue weighted by Gasteiger charge is -2.37. The Hall–Kier alpha value is -5.96. The summed E-state index contributed by atoms with van der Waals surface area (Å²) in [6.45, 7) is 17.4. The average Bonchev–Trinajstić information content (AvgIpc) is 3.31. The van der Waals surface area contributed by atoms with E-state index >= 15 is 0 Å². The summed E-state index contributed by atoms with van der Waals surface area (Å²) in [4.78, 5) is 146. The van der Waals surface area contributed by atoms with Crippen LogP contribution in [0.15, 0.2) is 12.1 Å². The van der Waals surface area contributed by atoms with Crippen molar-refractivity contribution in [3.05, 3.63) is 12.1 Å². The number of likely N-dealkylation sites (N-methyl/N-ethyl adjacent to an activating group) is 9. The van der Waals surface area contributed by atoms with Crippen LogP contribution in [-0.4, -0.2) is 252 Å². The zero-order valence-corrected chi connectivity index (χ0v) is 44.1. The second kappa shape index (κ2) is 25.8. The monoisotopic (exact) mass is 951 g/mol. The van der Waals surface area contributed by atoms with E-state index in [9.17, 15) is 53.1 Å². The topological polar surface area (TPSA) is 229 Å². The van der Waals surface area contributed by atoms with Crippen LogP contribution in [0.3, 0.4) is 0 Å². The summed E-state index contributed by atoms with van der Waals surface area (Å²) in [7, 11) is 15.8. The van der Waals surface area contributed by atoms with Crippen molar-refractivity contribution in [2.24, 2.45) is 5.92 Å². The number of hydrogen-bond acceptors (Lipinski definition) is 12. The molecule has 0 N–H and O–H groups in total. The molecule has 22 nitrogen and oxygen atoms in total. The Morgan fingerprint density at radius 3 is 0.821 bits per heavy atom. The third-order valence-electron chi connectivity index (χ3n) is 13.3. The minimum atomic E-state index is -1.12.